The predicted molar refractivity (Wildman–Crippen MR) is 129 cm³/mol. The summed E-state index contributed by atoms with van der Waals surface area (Å²) in [7, 11) is 2.16. The average molecular weight is 452 g/mol. The van der Waals surface area contributed by atoms with Crippen molar-refractivity contribution in [2.45, 2.75) is 20.0 Å². The van der Waals surface area contributed by atoms with Crippen LogP contribution in [0.4, 0.5) is 0 Å². The van der Waals surface area contributed by atoms with Crippen molar-refractivity contribution in [3.05, 3.63) is 70.8 Å². The van der Waals surface area contributed by atoms with Crippen molar-refractivity contribution in [3.8, 4) is 11.8 Å². The molecular formula is C25H33N5O3. The monoisotopic (exact) mass is 451 g/mol. The van der Waals surface area contributed by atoms with Crippen LogP contribution in [-0.2, 0) is 11.3 Å². The van der Waals surface area contributed by atoms with E-state index in [1.54, 1.807) is 24.3 Å². The number of benzene rings is 2. The quantitative estimate of drug-likeness (QED) is 0.297. The van der Waals surface area contributed by atoms with E-state index in [9.17, 15) is 9.59 Å². The Balaban J connectivity index is 0.00000385. The highest BCUT2D eigenvalue weighted by molar-refractivity contribution is 5.97. The number of carbonyl (C=O) groups is 2. The van der Waals surface area contributed by atoms with Gasteiger partial charge in [0.05, 0.1) is 0 Å². The van der Waals surface area contributed by atoms with Gasteiger partial charge in [-0.25, -0.2) is 5.48 Å². The summed E-state index contributed by atoms with van der Waals surface area (Å²) in [6.07, 6.45) is 0. The lowest BCUT2D eigenvalue weighted by atomic mass is 10.1. The van der Waals surface area contributed by atoms with Crippen LogP contribution in [0.5, 0.6) is 0 Å². The molecule has 1 atom stereocenters. The maximum Gasteiger partial charge on any atom is 0.267 e. The van der Waals surface area contributed by atoms with Crippen molar-refractivity contribution in [1.29, 1.82) is 0 Å². The molecule has 0 saturated carbocycles. The molecule has 0 aromatic heterocycles. The normalized spacial score (nSPS) is 14.9. The molecule has 1 aliphatic heterocycles. The number of piperazine rings is 1. The van der Waals surface area contributed by atoms with Gasteiger partial charge in [0, 0.05) is 56.0 Å². The fourth-order valence-corrected chi connectivity index (χ4v) is 3.36. The third-order valence-corrected chi connectivity index (χ3v) is 5.42. The van der Waals surface area contributed by atoms with E-state index in [1.165, 1.54) is 11.0 Å². The number of nitrogens with zero attached hydrogens (tertiary/aromatic N) is 2. The summed E-state index contributed by atoms with van der Waals surface area (Å²) in [5.41, 5.74) is 10.3. The van der Waals surface area contributed by atoms with Gasteiger partial charge < -0.3 is 16.0 Å². The van der Waals surface area contributed by atoms with E-state index in [2.05, 4.69) is 46.1 Å². The number of hydrogen-bond acceptors (Lipinski definition) is 6. The Morgan fingerprint density at radius 2 is 1.55 bits per heavy atom. The molecule has 2 amide bonds. The fraction of sp³-hybridized carbons (Fsp3) is 0.360. The van der Waals surface area contributed by atoms with Gasteiger partial charge in [-0.15, -0.1) is 0 Å². The van der Waals surface area contributed by atoms with E-state index in [0.29, 0.717) is 5.56 Å². The molecule has 3 rings (SSSR count). The highest BCUT2D eigenvalue weighted by Gasteiger charge is 2.19. The van der Waals surface area contributed by atoms with Gasteiger partial charge in [0.15, 0.2) is 0 Å². The molecule has 0 unspecified atom stereocenters. The maximum absolute atomic E-state index is 12.2. The van der Waals surface area contributed by atoms with Crippen LogP contribution in [0.2, 0.25) is 0 Å². The smallest absolute Gasteiger partial charge is 0.267 e. The van der Waals surface area contributed by atoms with Gasteiger partial charge in [0.25, 0.3) is 11.8 Å². The highest BCUT2D eigenvalue weighted by Crippen LogP contribution is 2.10. The average Bonchev–Trinajstić information content (AvgIpc) is 2.83. The molecule has 33 heavy (non-hydrogen) atoms. The standard InChI is InChI=1S/C24H29N5O3.CH4/c1-28-12-14-29(15-13-28)17-20-6-4-18(5-7-20)2-3-19-8-10-21(11-9-19)23(30)26-22(16-25)24(31)27-32;/h4-11,22,32H,12-17,25H2,1H3,(H,26,30)(H,27,31);1H4/t22-;/m0./s1. The summed E-state index contributed by atoms with van der Waals surface area (Å²) in [4.78, 5) is 28.5. The lowest BCUT2D eigenvalue weighted by Gasteiger charge is -2.32. The van der Waals surface area contributed by atoms with Gasteiger partial charge >= 0.3 is 0 Å². The first-order valence-corrected chi connectivity index (χ1v) is 10.6. The number of hydrogen-bond donors (Lipinski definition) is 4. The molecule has 8 nitrogen and oxygen atoms in total. The van der Waals surface area contributed by atoms with E-state index >= 15 is 0 Å². The fourth-order valence-electron chi connectivity index (χ4n) is 3.36. The Morgan fingerprint density at radius 1 is 1.00 bits per heavy atom. The molecule has 2 aromatic rings. The summed E-state index contributed by atoms with van der Waals surface area (Å²) in [5.74, 6) is 5.01. The topological polar surface area (TPSA) is 111 Å². The van der Waals surface area contributed by atoms with E-state index < -0.39 is 17.9 Å². The largest absolute Gasteiger partial charge is 0.339 e. The number of amides is 2. The second-order valence-electron chi connectivity index (χ2n) is 7.84. The number of likely N-dealkylation sites (N-methyl/N-ethyl adjacent to an activating group) is 1. The Labute approximate surface area is 195 Å². The Kier molecular flexibility index (Phi) is 10.0. The van der Waals surface area contributed by atoms with E-state index in [-0.39, 0.29) is 14.0 Å². The van der Waals surface area contributed by atoms with Gasteiger partial charge in [0.2, 0.25) is 0 Å². The van der Waals surface area contributed by atoms with Crippen molar-refractivity contribution >= 4 is 11.8 Å². The molecular weight excluding hydrogens is 418 g/mol. The first-order valence-electron chi connectivity index (χ1n) is 10.6. The molecule has 1 fully saturated rings. The van der Waals surface area contributed by atoms with Crippen molar-refractivity contribution in [2.75, 3.05) is 39.8 Å². The molecule has 0 radical (unpaired) electrons. The molecule has 1 saturated heterocycles. The minimum atomic E-state index is -1.01. The minimum Gasteiger partial charge on any atom is -0.339 e. The Bertz CT molecular complexity index is 972. The lowest BCUT2D eigenvalue weighted by Crippen LogP contribution is -2.50. The van der Waals surface area contributed by atoms with E-state index in [4.69, 9.17) is 10.9 Å². The number of hydroxylamine groups is 1. The third kappa shape index (κ3) is 7.70. The minimum absolute atomic E-state index is 0. The zero-order valence-electron chi connectivity index (χ0n) is 18.2. The number of nitrogens with two attached hydrogens (primary N) is 1. The molecule has 5 N–H and O–H groups in total. The van der Waals surface area contributed by atoms with Gasteiger partial charge in [0.1, 0.15) is 6.04 Å². The third-order valence-electron chi connectivity index (χ3n) is 5.42. The molecule has 0 spiro atoms. The Hall–Kier alpha value is -3.22. The van der Waals surface area contributed by atoms with Gasteiger partial charge in [-0.1, -0.05) is 31.4 Å². The van der Waals surface area contributed by atoms with Crippen LogP contribution in [0.25, 0.3) is 0 Å². The van der Waals surface area contributed by atoms with Crippen LogP contribution in [0.3, 0.4) is 0 Å². The zero-order chi connectivity index (χ0) is 22.9. The van der Waals surface area contributed by atoms with E-state index in [0.717, 1.165) is 43.9 Å². The molecule has 0 bridgehead atoms. The molecule has 8 heteroatoms. The maximum atomic E-state index is 12.2. The zero-order valence-corrected chi connectivity index (χ0v) is 18.2. The van der Waals surface area contributed by atoms with Crippen LogP contribution in [0, 0.1) is 11.8 Å². The summed E-state index contributed by atoms with van der Waals surface area (Å²) < 4.78 is 0. The highest BCUT2D eigenvalue weighted by atomic mass is 16.5. The summed E-state index contributed by atoms with van der Waals surface area (Å²) in [6.45, 7) is 5.22. The summed E-state index contributed by atoms with van der Waals surface area (Å²) in [5, 5.41) is 11.2. The Morgan fingerprint density at radius 3 is 2.06 bits per heavy atom. The van der Waals surface area contributed by atoms with Crippen molar-refractivity contribution in [2.24, 2.45) is 5.73 Å². The first kappa shape index (κ1) is 26.0. The predicted octanol–water partition coefficient (Wildman–Crippen LogP) is 1.03. The molecule has 1 aliphatic rings. The van der Waals surface area contributed by atoms with Crippen LogP contribution in [0.15, 0.2) is 48.5 Å². The lowest BCUT2D eigenvalue weighted by molar-refractivity contribution is -0.130. The van der Waals surface area contributed by atoms with Crippen LogP contribution in [0.1, 0.15) is 34.5 Å². The second kappa shape index (κ2) is 12.7. The molecule has 0 aliphatic carbocycles. The van der Waals surface area contributed by atoms with Crippen molar-refractivity contribution in [3.63, 3.8) is 0 Å². The summed E-state index contributed by atoms with van der Waals surface area (Å²) >= 11 is 0. The number of rotatable bonds is 6. The van der Waals surface area contributed by atoms with Gasteiger partial charge in [-0.2, -0.15) is 0 Å². The van der Waals surface area contributed by atoms with Crippen LogP contribution < -0.4 is 16.5 Å². The summed E-state index contributed by atoms with van der Waals surface area (Å²) in [6, 6.07) is 14.0. The van der Waals surface area contributed by atoms with Crippen LogP contribution >= 0.6 is 0 Å². The molecule has 2 aromatic carbocycles. The van der Waals surface area contributed by atoms with Crippen molar-refractivity contribution in [1.82, 2.24) is 20.6 Å². The number of carbonyl (C=O) groups excluding carboxylic acids is 2. The number of nitrogens with one attached hydrogen (secondary N) is 2. The van der Waals surface area contributed by atoms with E-state index in [1.807, 2.05) is 12.1 Å². The SMILES string of the molecule is C.CN1CCN(Cc2ccc(C#Cc3ccc(C(=O)N[C@@H](CN)C(=O)NO)cc3)cc2)CC1. The van der Waals surface area contributed by atoms with Crippen molar-refractivity contribution < 1.29 is 14.8 Å². The molecule has 1 heterocycles. The molecule has 176 valence electrons. The first-order chi connectivity index (χ1) is 15.5. The second-order valence-corrected chi connectivity index (χ2v) is 7.84. The van der Waals surface area contributed by atoms with Gasteiger partial charge in [-0.3, -0.25) is 19.7 Å². The van der Waals surface area contributed by atoms with Gasteiger partial charge in [-0.05, 0) is 49.0 Å². The van der Waals surface area contributed by atoms with Crippen LogP contribution in [-0.4, -0.2) is 72.6 Å².